The van der Waals surface area contributed by atoms with Gasteiger partial charge in [-0.15, -0.1) is 0 Å². The number of carbonyl (C=O) groups is 1. The maximum absolute atomic E-state index is 12.1. The molecule has 0 radical (unpaired) electrons. The van der Waals surface area contributed by atoms with E-state index in [1.807, 2.05) is 24.3 Å². The third-order valence-electron chi connectivity index (χ3n) is 4.82. The minimum absolute atomic E-state index is 0.261. The van der Waals surface area contributed by atoms with E-state index in [1.54, 1.807) is 17.7 Å². The third-order valence-corrected chi connectivity index (χ3v) is 4.82. The summed E-state index contributed by atoms with van der Waals surface area (Å²) in [5.74, 6) is 0.844. The van der Waals surface area contributed by atoms with E-state index in [-0.39, 0.29) is 5.91 Å². The number of aliphatic imine (C=N–C) groups is 1. The lowest BCUT2D eigenvalue weighted by atomic mass is 9.97. The fourth-order valence-corrected chi connectivity index (χ4v) is 3.33. The number of benzene rings is 1. The SMILES string of the molecule is CCNC(=NCc1cccc(NC(=O)c2ccco2)c1)NCCC1=CCCCC1. The van der Waals surface area contributed by atoms with Crippen molar-refractivity contribution in [3.63, 3.8) is 0 Å². The van der Waals surface area contributed by atoms with E-state index in [2.05, 4.69) is 33.9 Å². The molecule has 0 unspecified atom stereocenters. The van der Waals surface area contributed by atoms with Crippen molar-refractivity contribution in [2.24, 2.45) is 4.99 Å². The number of rotatable bonds is 8. The molecule has 0 atom stereocenters. The van der Waals surface area contributed by atoms with Crippen molar-refractivity contribution in [1.82, 2.24) is 10.6 Å². The second-order valence-electron chi connectivity index (χ2n) is 7.11. The van der Waals surface area contributed by atoms with Crippen LogP contribution in [0.4, 0.5) is 5.69 Å². The van der Waals surface area contributed by atoms with Crippen LogP contribution in [0.2, 0.25) is 0 Å². The van der Waals surface area contributed by atoms with Crippen molar-refractivity contribution >= 4 is 17.6 Å². The lowest BCUT2D eigenvalue weighted by molar-refractivity contribution is 0.0996. The molecule has 2 aromatic rings. The number of anilines is 1. The largest absolute Gasteiger partial charge is 0.459 e. The Morgan fingerprint density at radius 1 is 1.17 bits per heavy atom. The molecule has 1 amide bonds. The minimum atomic E-state index is -0.261. The quantitative estimate of drug-likeness (QED) is 0.350. The predicted molar refractivity (Wildman–Crippen MR) is 117 cm³/mol. The molecule has 1 heterocycles. The number of allylic oxidation sites excluding steroid dienone is 1. The second kappa shape index (κ2) is 11.1. The normalized spacial score (nSPS) is 14.2. The fraction of sp³-hybridized carbons (Fsp3) is 0.391. The molecule has 0 bridgehead atoms. The number of hydrogen-bond acceptors (Lipinski definition) is 3. The topological polar surface area (TPSA) is 78.7 Å². The molecular formula is C23H30N4O2. The number of nitrogens with zero attached hydrogens (tertiary/aromatic N) is 1. The molecule has 3 N–H and O–H groups in total. The summed E-state index contributed by atoms with van der Waals surface area (Å²) in [4.78, 5) is 16.8. The van der Waals surface area contributed by atoms with Crippen LogP contribution in [0.5, 0.6) is 0 Å². The van der Waals surface area contributed by atoms with Gasteiger partial charge in [0.25, 0.3) is 5.91 Å². The minimum Gasteiger partial charge on any atom is -0.459 e. The predicted octanol–water partition coefficient (Wildman–Crippen LogP) is 4.48. The Morgan fingerprint density at radius 2 is 2.10 bits per heavy atom. The first-order valence-electron chi connectivity index (χ1n) is 10.4. The van der Waals surface area contributed by atoms with Crippen LogP contribution in [0.15, 0.2) is 63.7 Å². The van der Waals surface area contributed by atoms with E-state index in [1.165, 1.54) is 31.9 Å². The van der Waals surface area contributed by atoms with Crippen LogP contribution in [-0.4, -0.2) is 25.0 Å². The van der Waals surface area contributed by atoms with Crippen molar-refractivity contribution in [2.45, 2.75) is 45.6 Å². The van der Waals surface area contributed by atoms with Crippen LogP contribution >= 0.6 is 0 Å². The van der Waals surface area contributed by atoms with Crippen molar-refractivity contribution in [1.29, 1.82) is 0 Å². The van der Waals surface area contributed by atoms with E-state index in [4.69, 9.17) is 4.42 Å². The molecule has 0 saturated heterocycles. The Bertz CT molecular complexity index is 840. The molecule has 0 aliphatic heterocycles. The van der Waals surface area contributed by atoms with Gasteiger partial charge >= 0.3 is 0 Å². The number of carbonyl (C=O) groups excluding carboxylic acids is 1. The van der Waals surface area contributed by atoms with Gasteiger partial charge in [0.1, 0.15) is 0 Å². The molecule has 0 spiro atoms. The van der Waals surface area contributed by atoms with E-state index >= 15 is 0 Å². The molecule has 6 heteroatoms. The van der Waals surface area contributed by atoms with E-state index in [0.717, 1.165) is 36.7 Å². The molecule has 1 aromatic heterocycles. The number of furan rings is 1. The molecule has 154 valence electrons. The van der Waals surface area contributed by atoms with Gasteiger partial charge in [-0.3, -0.25) is 4.79 Å². The highest BCUT2D eigenvalue weighted by Gasteiger charge is 2.09. The summed E-state index contributed by atoms with van der Waals surface area (Å²) in [5.41, 5.74) is 3.30. The van der Waals surface area contributed by atoms with Crippen molar-refractivity contribution in [3.05, 3.63) is 65.6 Å². The van der Waals surface area contributed by atoms with Crippen molar-refractivity contribution in [3.8, 4) is 0 Å². The van der Waals surface area contributed by atoms with Crippen molar-refractivity contribution in [2.75, 3.05) is 18.4 Å². The highest BCUT2D eigenvalue weighted by molar-refractivity contribution is 6.02. The molecule has 3 rings (SSSR count). The Kier molecular flexibility index (Phi) is 7.92. The van der Waals surface area contributed by atoms with Crippen LogP contribution in [0.3, 0.4) is 0 Å². The summed E-state index contributed by atoms with van der Waals surface area (Å²) >= 11 is 0. The molecule has 6 nitrogen and oxygen atoms in total. The van der Waals surface area contributed by atoms with Crippen LogP contribution in [0.1, 0.15) is 55.1 Å². The first kappa shape index (κ1) is 20.7. The van der Waals surface area contributed by atoms with E-state index in [0.29, 0.717) is 12.3 Å². The molecule has 1 aromatic carbocycles. The van der Waals surface area contributed by atoms with Gasteiger partial charge in [-0.2, -0.15) is 0 Å². The van der Waals surface area contributed by atoms with Gasteiger partial charge in [0.05, 0.1) is 12.8 Å². The van der Waals surface area contributed by atoms with Gasteiger partial charge in [0, 0.05) is 18.8 Å². The van der Waals surface area contributed by atoms with Crippen LogP contribution in [0, 0.1) is 0 Å². The smallest absolute Gasteiger partial charge is 0.291 e. The average Bonchev–Trinajstić information content (AvgIpc) is 3.28. The van der Waals surface area contributed by atoms with Gasteiger partial charge in [0.15, 0.2) is 11.7 Å². The van der Waals surface area contributed by atoms with Crippen LogP contribution in [0.25, 0.3) is 0 Å². The lowest BCUT2D eigenvalue weighted by Gasteiger charge is -2.15. The number of nitrogens with one attached hydrogen (secondary N) is 3. The van der Waals surface area contributed by atoms with Gasteiger partial charge < -0.3 is 20.4 Å². The Hall–Kier alpha value is -3.02. The summed E-state index contributed by atoms with van der Waals surface area (Å²) in [7, 11) is 0. The maximum Gasteiger partial charge on any atom is 0.291 e. The molecule has 1 aliphatic carbocycles. The molecular weight excluding hydrogens is 364 g/mol. The van der Waals surface area contributed by atoms with Gasteiger partial charge in [0.2, 0.25) is 0 Å². The first-order valence-corrected chi connectivity index (χ1v) is 10.4. The second-order valence-corrected chi connectivity index (χ2v) is 7.11. The zero-order valence-corrected chi connectivity index (χ0v) is 17.0. The molecule has 29 heavy (non-hydrogen) atoms. The van der Waals surface area contributed by atoms with Gasteiger partial charge in [-0.05, 0) is 68.9 Å². The summed E-state index contributed by atoms with van der Waals surface area (Å²) in [6.45, 7) is 4.29. The third kappa shape index (κ3) is 6.82. The maximum atomic E-state index is 12.1. The zero-order valence-electron chi connectivity index (χ0n) is 17.0. The summed E-state index contributed by atoms with van der Waals surface area (Å²) < 4.78 is 5.13. The highest BCUT2D eigenvalue weighted by atomic mass is 16.3. The van der Waals surface area contributed by atoms with Crippen LogP contribution < -0.4 is 16.0 Å². The Labute approximate surface area is 172 Å². The Balaban J connectivity index is 1.54. The van der Waals surface area contributed by atoms with E-state index in [9.17, 15) is 4.79 Å². The summed E-state index contributed by atoms with van der Waals surface area (Å²) in [5, 5.41) is 9.56. The van der Waals surface area contributed by atoms with Gasteiger partial charge in [-0.1, -0.05) is 23.8 Å². The molecule has 1 aliphatic rings. The van der Waals surface area contributed by atoms with Gasteiger partial charge in [-0.25, -0.2) is 4.99 Å². The molecule has 0 saturated carbocycles. The lowest BCUT2D eigenvalue weighted by Crippen LogP contribution is -2.37. The standard InChI is InChI=1S/C23H30N4O2/c1-2-24-23(25-14-13-18-8-4-3-5-9-18)26-17-19-10-6-11-20(16-19)27-22(28)21-12-7-15-29-21/h6-8,10-12,15-16H,2-5,9,13-14,17H2,1H3,(H,27,28)(H2,24,25,26). The van der Waals surface area contributed by atoms with Crippen molar-refractivity contribution < 1.29 is 9.21 Å². The fourth-order valence-electron chi connectivity index (χ4n) is 3.33. The number of amides is 1. The first-order chi connectivity index (χ1) is 14.2. The summed E-state index contributed by atoms with van der Waals surface area (Å²) in [6.07, 6.45) is 10.0. The highest BCUT2D eigenvalue weighted by Crippen LogP contribution is 2.19. The Morgan fingerprint density at radius 3 is 2.86 bits per heavy atom. The average molecular weight is 395 g/mol. The van der Waals surface area contributed by atoms with E-state index < -0.39 is 0 Å². The number of hydrogen-bond donors (Lipinski definition) is 3. The van der Waals surface area contributed by atoms with Crippen LogP contribution in [-0.2, 0) is 6.54 Å². The zero-order chi connectivity index (χ0) is 20.3. The summed E-state index contributed by atoms with van der Waals surface area (Å²) in [6, 6.07) is 11.0. The monoisotopic (exact) mass is 394 g/mol. The molecule has 0 fully saturated rings. The number of guanidine groups is 1.